The van der Waals surface area contributed by atoms with Gasteiger partial charge in [-0.25, -0.2) is 19.2 Å². The van der Waals surface area contributed by atoms with E-state index in [1.165, 1.54) is 42.5 Å². The van der Waals surface area contributed by atoms with Gasteiger partial charge < -0.3 is 15.2 Å². The first-order valence-electron chi connectivity index (χ1n) is 10.8. The number of hydrazone groups is 1. The van der Waals surface area contributed by atoms with E-state index in [0.29, 0.717) is 16.6 Å². The van der Waals surface area contributed by atoms with Gasteiger partial charge >= 0.3 is 12.3 Å². The number of aromatic nitrogens is 2. The van der Waals surface area contributed by atoms with Gasteiger partial charge in [0, 0.05) is 36.8 Å². The number of amides is 1. The number of nitrogens with one attached hydrogen (secondary N) is 2. The summed E-state index contributed by atoms with van der Waals surface area (Å²) in [4.78, 5) is 20.4. The average molecular weight is 506 g/mol. The van der Waals surface area contributed by atoms with Crippen LogP contribution in [0.25, 0.3) is 10.9 Å². The lowest BCUT2D eigenvalue weighted by atomic mass is 10.1. The number of carboxylic acid groups (broad SMARTS) is 1. The van der Waals surface area contributed by atoms with E-state index in [0.717, 1.165) is 6.20 Å². The summed E-state index contributed by atoms with van der Waals surface area (Å²) in [5.41, 5.74) is 3.53. The molecule has 9 nitrogen and oxygen atoms in total. The molecule has 190 valence electrons. The summed E-state index contributed by atoms with van der Waals surface area (Å²) in [5, 5.41) is 15.7. The van der Waals surface area contributed by atoms with Crippen LogP contribution in [0, 0.1) is 5.82 Å². The second kappa shape index (κ2) is 10.3. The zero-order valence-electron chi connectivity index (χ0n) is 19.0. The Balaban J connectivity index is 1.44. The first-order chi connectivity index (χ1) is 17.1. The van der Waals surface area contributed by atoms with Crippen LogP contribution in [0.4, 0.5) is 28.2 Å². The van der Waals surface area contributed by atoms with E-state index in [2.05, 4.69) is 25.8 Å². The predicted octanol–water partition coefficient (Wildman–Crippen LogP) is 4.17. The molecular weight excluding hydrogens is 484 g/mol. The Morgan fingerprint density at radius 3 is 2.78 bits per heavy atom. The van der Waals surface area contributed by atoms with E-state index < -0.39 is 30.2 Å². The van der Waals surface area contributed by atoms with Crippen molar-refractivity contribution in [2.24, 2.45) is 5.10 Å². The van der Waals surface area contributed by atoms with Crippen molar-refractivity contribution in [3.8, 4) is 5.75 Å². The van der Waals surface area contributed by atoms with Gasteiger partial charge in [-0.3, -0.25) is 10.3 Å². The first-order valence-corrected chi connectivity index (χ1v) is 10.8. The standard InChI is InChI=1S/C23H22F4N6O3/c1-36-19-9-18-13(8-17(19)24)2-4-15(30-18)11-29-32-20-5-3-14(10-28-20)21(23(25,26)27)33-7-6-16(12-33)31-22(34)35/h2-5,8-11,16,21,31H,6-7,12H2,1H3,(H,28,32)(H,34,35)/b29-11+/t16?,21-/m1/s1. The second-order valence-corrected chi connectivity index (χ2v) is 8.14. The van der Waals surface area contributed by atoms with Crippen molar-refractivity contribution in [2.75, 3.05) is 25.6 Å². The van der Waals surface area contributed by atoms with E-state index >= 15 is 0 Å². The van der Waals surface area contributed by atoms with E-state index in [9.17, 15) is 22.4 Å². The van der Waals surface area contributed by atoms with Crippen LogP contribution < -0.4 is 15.5 Å². The number of methoxy groups -OCH3 is 1. The Labute approximate surface area is 202 Å². The lowest BCUT2D eigenvalue weighted by molar-refractivity contribution is -0.183. The van der Waals surface area contributed by atoms with Gasteiger partial charge in [-0.1, -0.05) is 12.1 Å². The molecule has 13 heteroatoms. The number of benzene rings is 1. The number of pyridine rings is 2. The third kappa shape index (κ3) is 5.79. The minimum Gasteiger partial charge on any atom is -0.494 e. The smallest absolute Gasteiger partial charge is 0.408 e. The van der Waals surface area contributed by atoms with Crippen molar-refractivity contribution in [3.05, 3.63) is 59.7 Å². The van der Waals surface area contributed by atoms with Crippen LogP contribution in [0.3, 0.4) is 0 Å². The van der Waals surface area contributed by atoms with Crippen LogP contribution in [0.5, 0.6) is 5.75 Å². The molecule has 4 rings (SSSR count). The van der Waals surface area contributed by atoms with Gasteiger partial charge in [0.15, 0.2) is 11.6 Å². The number of anilines is 1. The average Bonchev–Trinajstić information content (AvgIpc) is 3.25. The molecule has 3 heterocycles. The molecule has 0 aliphatic carbocycles. The van der Waals surface area contributed by atoms with Gasteiger partial charge in [-0.15, -0.1) is 0 Å². The van der Waals surface area contributed by atoms with Crippen molar-refractivity contribution in [2.45, 2.75) is 24.7 Å². The molecule has 1 amide bonds. The SMILES string of the molecule is COc1cc2nc(/C=N/Nc3ccc([C@@H](N4CCC(NC(=O)O)C4)C(F)(F)F)cn3)ccc2cc1F. The van der Waals surface area contributed by atoms with Gasteiger partial charge in [0.2, 0.25) is 0 Å². The first kappa shape index (κ1) is 25.1. The molecule has 3 N–H and O–H groups in total. The van der Waals surface area contributed by atoms with E-state index in [4.69, 9.17) is 9.84 Å². The number of hydrogen-bond donors (Lipinski definition) is 3. The number of fused-ring (bicyclic) bond motifs is 1. The third-order valence-electron chi connectivity index (χ3n) is 5.68. The number of hydrogen-bond acceptors (Lipinski definition) is 7. The van der Waals surface area contributed by atoms with Gasteiger partial charge in [-0.2, -0.15) is 18.3 Å². The quantitative estimate of drug-likeness (QED) is 0.251. The Bertz CT molecular complexity index is 1270. The molecule has 1 aromatic carbocycles. The summed E-state index contributed by atoms with van der Waals surface area (Å²) in [6.45, 7) is 0.0364. The summed E-state index contributed by atoms with van der Waals surface area (Å²) in [7, 11) is 1.35. The van der Waals surface area contributed by atoms with Crippen molar-refractivity contribution < 1.29 is 32.2 Å². The highest BCUT2D eigenvalue weighted by molar-refractivity contribution is 5.86. The maximum absolute atomic E-state index is 13.8. The minimum atomic E-state index is -4.57. The van der Waals surface area contributed by atoms with Crippen LogP contribution in [0.1, 0.15) is 23.7 Å². The topological polar surface area (TPSA) is 112 Å². The summed E-state index contributed by atoms with van der Waals surface area (Å²) < 4.78 is 60.3. The number of carbonyl (C=O) groups is 1. The van der Waals surface area contributed by atoms with Crippen LogP contribution in [0.2, 0.25) is 0 Å². The highest BCUT2D eigenvalue weighted by Crippen LogP contribution is 2.39. The predicted molar refractivity (Wildman–Crippen MR) is 124 cm³/mol. The van der Waals surface area contributed by atoms with E-state index in [-0.39, 0.29) is 36.6 Å². The number of ether oxygens (including phenoxy) is 1. The molecule has 2 aromatic heterocycles. The highest BCUT2D eigenvalue weighted by Gasteiger charge is 2.47. The molecular formula is C23H22F4N6O3. The molecule has 0 radical (unpaired) electrons. The molecule has 36 heavy (non-hydrogen) atoms. The molecule has 1 aliphatic heterocycles. The van der Waals surface area contributed by atoms with Gasteiger partial charge in [0.1, 0.15) is 11.9 Å². The third-order valence-corrected chi connectivity index (χ3v) is 5.68. The molecule has 2 atom stereocenters. The summed E-state index contributed by atoms with van der Waals surface area (Å²) in [5.74, 6) is -0.225. The van der Waals surface area contributed by atoms with Crippen molar-refractivity contribution in [1.29, 1.82) is 0 Å². The molecule has 1 fully saturated rings. The molecule has 1 saturated heterocycles. The Morgan fingerprint density at radius 2 is 2.11 bits per heavy atom. The van der Waals surface area contributed by atoms with E-state index in [1.54, 1.807) is 12.1 Å². The highest BCUT2D eigenvalue weighted by atomic mass is 19.4. The van der Waals surface area contributed by atoms with Crippen LogP contribution in [-0.4, -0.2) is 64.7 Å². The van der Waals surface area contributed by atoms with Crippen molar-refractivity contribution in [3.63, 3.8) is 0 Å². The van der Waals surface area contributed by atoms with Gasteiger partial charge in [0.25, 0.3) is 0 Å². The normalized spacial score (nSPS) is 17.4. The summed E-state index contributed by atoms with van der Waals surface area (Å²) in [6, 6.07) is 6.27. The molecule has 0 bridgehead atoms. The van der Waals surface area contributed by atoms with Crippen LogP contribution in [-0.2, 0) is 0 Å². The fraction of sp³-hybridized carbons (Fsp3) is 0.304. The maximum Gasteiger partial charge on any atom is 0.408 e. The van der Waals surface area contributed by atoms with Crippen molar-refractivity contribution >= 4 is 29.0 Å². The lowest BCUT2D eigenvalue weighted by Crippen LogP contribution is -2.40. The minimum absolute atomic E-state index is 0.0575. The zero-order valence-corrected chi connectivity index (χ0v) is 19.0. The zero-order chi connectivity index (χ0) is 25.9. The molecule has 3 aromatic rings. The number of rotatable bonds is 7. The molecule has 1 aliphatic rings. The number of halogens is 4. The maximum atomic E-state index is 13.8. The van der Waals surface area contributed by atoms with Crippen molar-refractivity contribution in [1.82, 2.24) is 20.2 Å². The second-order valence-electron chi connectivity index (χ2n) is 8.14. The Kier molecular flexibility index (Phi) is 7.20. The van der Waals surface area contributed by atoms with Crippen LogP contribution in [0.15, 0.2) is 47.7 Å². The fourth-order valence-electron chi connectivity index (χ4n) is 4.09. The van der Waals surface area contributed by atoms with Gasteiger partial charge in [-0.05, 0) is 30.2 Å². The molecule has 0 saturated carbocycles. The Morgan fingerprint density at radius 1 is 1.31 bits per heavy atom. The number of alkyl halides is 3. The fourth-order valence-corrected chi connectivity index (χ4v) is 4.09. The summed E-state index contributed by atoms with van der Waals surface area (Å²) >= 11 is 0. The molecule has 0 spiro atoms. The number of nitrogens with zero attached hydrogens (tertiary/aromatic N) is 4. The lowest BCUT2D eigenvalue weighted by Gasteiger charge is -2.30. The number of likely N-dealkylation sites (tertiary alicyclic amines) is 1. The van der Waals surface area contributed by atoms with Crippen LogP contribution >= 0.6 is 0 Å². The summed E-state index contributed by atoms with van der Waals surface area (Å²) in [6.07, 6.45) is -3.05. The van der Waals surface area contributed by atoms with Gasteiger partial charge in [0.05, 0.1) is 24.5 Å². The molecule has 1 unspecified atom stereocenters. The van der Waals surface area contributed by atoms with E-state index in [1.807, 2.05) is 0 Å². The monoisotopic (exact) mass is 506 g/mol. The largest absolute Gasteiger partial charge is 0.494 e. The Hall–Kier alpha value is -4.00.